The molecule has 0 unspecified atom stereocenters. The van der Waals surface area contributed by atoms with Crippen molar-refractivity contribution in [1.29, 1.82) is 0 Å². The number of carbonyl (C=O) groups is 2. The number of aromatic nitrogens is 1. The molecule has 1 aromatic heterocycles. The first-order chi connectivity index (χ1) is 14.4. The lowest BCUT2D eigenvalue weighted by molar-refractivity contribution is -0.120. The van der Waals surface area contributed by atoms with E-state index in [1.54, 1.807) is 6.92 Å². The summed E-state index contributed by atoms with van der Waals surface area (Å²) >= 11 is 0. The molecule has 8 nitrogen and oxygen atoms in total. The van der Waals surface area contributed by atoms with Crippen LogP contribution in [0.5, 0.6) is 0 Å². The SMILES string of the molecule is CC(=O)NC1CCN(C[C@@]2(O)CCCN(C(=O)c3noc4c3CCCC4)CC2)CC1. The lowest BCUT2D eigenvalue weighted by Crippen LogP contribution is -2.50. The van der Waals surface area contributed by atoms with Crippen molar-refractivity contribution in [2.24, 2.45) is 0 Å². The number of nitrogens with zero attached hydrogens (tertiary/aromatic N) is 3. The van der Waals surface area contributed by atoms with Gasteiger partial charge in [-0.2, -0.15) is 0 Å². The Labute approximate surface area is 177 Å². The Morgan fingerprint density at radius 2 is 1.90 bits per heavy atom. The van der Waals surface area contributed by atoms with E-state index in [1.165, 1.54) is 0 Å². The van der Waals surface area contributed by atoms with Crippen LogP contribution in [0.1, 0.15) is 73.7 Å². The van der Waals surface area contributed by atoms with Crippen LogP contribution in [-0.2, 0) is 17.6 Å². The zero-order chi connectivity index (χ0) is 21.1. The van der Waals surface area contributed by atoms with Gasteiger partial charge in [0.2, 0.25) is 5.91 Å². The highest BCUT2D eigenvalue weighted by atomic mass is 16.5. The van der Waals surface area contributed by atoms with E-state index in [9.17, 15) is 14.7 Å². The lowest BCUT2D eigenvalue weighted by atomic mass is 9.93. The predicted octanol–water partition coefficient (Wildman–Crippen LogP) is 1.51. The van der Waals surface area contributed by atoms with E-state index in [0.29, 0.717) is 38.2 Å². The van der Waals surface area contributed by atoms with Gasteiger partial charge in [0.1, 0.15) is 5.76 Å². The highest BCUT2D eigenvalue weighted by Crippen LogP contribution is 2.28. The average molecular weight is 419 g/mol. The van der Waals surface area contributed by atoms with Crippen LogP contribution >= 0.6 is 0 Å². The van der Waals surface area contributed by atoms with E-state index in [1.807, 2.05) is 4.90 Å². The minimum absolute atomic E-state index is 0.0222. The zero-order valence-electron chi connectivity index (χ0n) is 18.0. The first-order valence-corrected chi connectivity index (χ1v) is 11.4. The topological polar surface area (TPSA) is 98.9 Å². The minimum Gasteiger partial charge on any atom is -0.388 e. The largest absolute Gasteiger partial charge is 0.388 e. The predicted molar refractivity (Wildman–Crippen MR) is 111 cm³/mol. The lowest BCUT2D eigenvalue weighted by Gasteiger charge is -2.38. The molecule has 166 valence electrons. The number of piperidine rings is 1. The number of nitrogens with one attached hydrogen (secondary N) is 1. The van der Waals surface area contributed by atoms with Crippen LogP contribution in [-0.4, -0.2) is 76.2 Å². The van der Waals surface area contributed by atoms with Crippen molar-refractivity contribution in [2.45, 2.75) is 76.4 Å². The summed E-state index contributed by atoms with van der Waals surface area (Å²) in [6.07, 6.45) is 7.78. The van der Waals surface area contributed by atoms with Crippen molar-refractivity contribution in [1.82, 2.24) is 20.3 Å². The van der Waals surface area contributed by atoms with Gasteiger partial charge < -0.3 is 24.7 Å². The van der Waals surface area contributed by atoms with Crippen LogP contribution in [0, 0.1) is 0 Å². The van der Waals surface area contributed by atoms with Gasteiger partial charge in [-0.1, -0.05) is 5.16 Å². The molecule has 30 heavy (non-hydrogen) atoms. The second-order valence-electron chi connectivity index (χ2n) is 9.26. The first kappa shape index (κ1) is 21.3. The Bertz CT molecular complexity index is 771. The van der Waals surface area contributed by atoms with Crippen molar-refractivity contribution < 1.29 is 19.2 Å². The Hall–Kier alpha value is -1.93. The van der Waals surface area contributed by atoms with Gasteiger partial charge in [-0.15, -0.1) is 0 Å². The van der Waals surface area contributed by atoms with Crippen LogP contribution in [0.3, 0.4) is 0 Å². The molecule has 0 saturated carbocycles. The molecule has 8 heteroatoms. The van der Waals surface area contributed by atoms with Gasteiger partial charge in [0.05, 0.1) is 5.60 Å². The smallest absolute Gasteiger partial charge is 0.276 e. The number of aliphatic hydroxyl groups is 1. The van der Waals surface area contributed by atoms with E-state index >= 15 is 0 Å². The van der Waals surface area contributed by atoms with Crippen LogP contribution in [0.25, 0.3) is 0 Å². The Balaban J connectivity index is 1.32. The summed E-state index contributed by atoms with van der Waals surface area (Å²) in [5.41, 5.74) is 0.696. The molecular weight excluding hydrogens is 384 g/mol. The van der Waals surface area contributed by atoms with Gasteiger partial charge in [-0.3, -0.25) is 9.59 Å². The van der Waals surface area contributed by atoms with Crippen molar-refractivity contribution in [3.63, 3.8) is 0 Å². The van der Waals surface area contributed by atoms with Gasteiger partial charge in [0, 0.05) is 57.7 Å². The quantitative estimate of drug-likeness (QED) is 0.769. The highest BCUT2D eigenvalue weighted by molar-refractivity contribution is 5.94. The third-order valence-electron chi connectivity index (χ3n) is 6.87. The van der Waals surface area contributed by atoms with Gasteiger partial charge in [-0.05, 0) is 51.4 Å². The number of carbonyl (C=O) groups excluding carboxylic acids is 2. The Morgan fingerprint density at radius 1 is 1.13 bits per heavy atom. The van der Waals surface area contributed by atoms with Gasteiger partial charge in [0.15, 0.2) is 5.69 Å². The molecule has 2 aliphatic heterocycles. The van der Waals surface area contributed by atoms with E-state index in [2.05, 4.69) is 15.4 Å². The summed E-state index contributed by atoms with van der Waals surface area (Å²) in [6.45, 7) is 5.12. The van der Waals surface area contributed by atoms with E-state index in [-0.39, 0.29) is 17.9 Å². The second kappa shape index (κ2) is 9.06. The molecule has 2 fully saturated rings. The average Bonchev–Trinajstić information content (AvgIpc) is 3.06. The number of β-amino-alcohol motifs (C(OH)–C–C–N with tert-alkyl or cyclic N) is 1. The van der Waals surface area contributed by atoms with Gasteiger partial charge >= 0.3 is 0 Å². The third kappa shape index (κ3) is 4.86. The minimum atomic E-state index is -0.779. The highest BCUT2D eigenvalue weighted by Gasteiger charge is 2.36. The zero-order valence-corrected chi connectivity index (χ0v) is 18.0. The molecule has 1 aromatic rings. The summed E-state index contributed by atoms with van der Waals surface area (Å²) in [5.74, 6) is 0.842. The summed E-state index contributed by atoms with van der Waals surface area (Å²) in [4.78, 5) is 28.5. The van der Waals surface area contributed by atoms with Crippen LogP contribution < -0.4 is 5.32 Å². The fourth-order valence-corrected chi connectivity index (χ4v) is 5.18. The van der Waals surface area contributed by atoms with E-state index in [0.717, 1.165) is 69.4 Å². The molecule has 0 bridgehead atoms. The fraction of sp³-hybridized carbons (Fsp3) is 0.773. The molecule has 0 spiro atoms. The standard InChI is InChI=1S/C22H34N4O4/c1-16(27)23-17-7-12-25(13-8-17)15-22(29)9-4-11-26(14-10-22)21(28)20-18-5-2-3-6-19(18)30-24-20/h17,29H,2-15H2,1H3,(H,23,27)/t22-/m1/s1. The third-order valence-corrected chi connectivity index (χ3v) is 6.87. The summed E-state index contributed by atoms with van der Waals surface area (Å²) in [6, 6.07) is 0.240. The molecular formula is C22H34N4O4. The maximum atomic E-state index is 13.1. The van der Waals surface area contributed by atoms with Crippen molar-refractivity contribution >= 4 is 11.8 Å². The summed E-state index contributed by atoms with van der Waals surface area (Å²) < 4.78 is 5.42. The fourth-order valence-electron chi connectivity index (χ4n) is 5.18. The number of likely N-dealkylation sites (tertiary alicyclic amines) is 2. The molecule has 0 aromatic carbocycles. The number of aryl methyl sites for hydroxylation is 1. The van der Waals surface area contributed by atoms with Crippen LogP contribution in [0.2, 0.25) is 0 Å². The Kier molecular flexibility index (Phi) is 6.43. The number of hydrogen-bond acceptors (Lipinski definition) is 6. The molecule has 2 amide bonds. The molecule has 4 rings (SSSR count). The molecule has 0 radical (unpaired) electrons. The van der Waals surface area contributed by atoms with Gasteiger partial charge in [0.25, 0.3) is 5.91 Å². The van der Waals surface area contributed by atoms with Crippen molar-refractivity contribution in [2.75, 3.05) is 32.7 Å². The molecule has 2 saturated heterocycles. The maximum Gasteiger partial charge on any atom is 0.276 e. The number of fused-ring (bicyclic) bond motifs is 1. The summed E-state index contributed by atoms with van der Waals surface area (Å²) in [7, 11) is 0. The van der Waals surface area contributed by atoms with E-state index in [4.69, 9.17) is 4.52 Å². The molecule has 2 N–H and O–H groups in total. The molecule has 1 atom stereocenters. The van der Waals surface area contributed by atoms with Gasteiger partial charge in [-0.25, -0.2) is 0 Å². The normalized spacial score (nSPS) is 26.1. The maximum absolute atomic E-state index is 13.1. The Morgan fingerprint density at radius 3 is 2.67 bits per heavy atom. The molecule has 3 heterocycles. The molecule has 3 aliphatic rings. The molecule has 1 aliphatic carbocycles. The van der Waals surface area contributed by atoms with Crippen molar-refractivity contribution in [3.05, 3.63) is 17.0 Å². The van der Waals surface area contributed by atoms with E-state index < -0.39 is 5.60 Å². The number of rotatable bonds is 4. The number of hydrogen-bond donors (Lipinski definition) is 2. The summed E-state index contributed by atoms with van der Waals surface area (Å²) in [5, 5.41) is 18.3. The number of amides is 2. The first-order valence-electron chi connectivity index (χ1n) is 11.4. The van der Waals surface area contributed by atoms with Crippen LogP contribution in [0.4, 0.5) is 0 Å². The van der Waals surface area contributed by atoms with Crippen LogP contribution in [0.15, 0.2) is 4.52 Å². The second-order valence-corrected chi connectivity index (χ2v) is 9.26. The van der Waals surface area contributed by atoms with Crippen molar-refractivity contribution in [3.8, 4) is 0 Å². The monoisotopic (exact) mass is 418 g/mol.